The third kappa shape index (κ3) is 5.19. The summed E-state index contributed by atoms with van der Waals surface area (Å²) in [5.41, 5.74) is 1.74. The molecule has 2 aromatic carbocycles. The second-order valence-corrected chi connectivity index (χ2v) is 10.0. The zero-order valence-corrected chi connectivity index (χ0v) is 23.5. The second-order valence-electron chi connectivity index (χ2n) is 8.99. The van der Waals surface area contributed by atoms with Crippen LogP contribution in [0.2, 0.25) is 0 Å². The molecule has 1 N–H and O–H groups in total. The van der Waals surface area contributed by atoms with Gasteiger partial charge in [0.25, 0.3) is 5.56 Å². The van der Waals surface area contributed by atoms with Crippen LogP contribution in [0.3, 0.4) is 0 Å². The van der Waals surface area contributed by atoms with Crippen molar-refractivity contribution in [2.45, 2.75) is 19.9 Å². The smallest absolute Gasteiger partial charge is 0.338 e. The molecule has 0 saturated heterocycles. The molecule has 210 valence electrons. The van der Waals surface area contributed by atoms with Crippen molar-refractivity contribution in [1.82, 2.24) is 4.57 Å². The van der Waals surface area contributed by atoms with E-state index in [-0.39, 0.29) is 23.3 Å². The molecule has 0 spiro atoms. The lowest BCUT2D eigenvalue weighted by Crippen LogP contribution is -2.40. The van der Waals surface area contributed by atoms with Gasteiger partial charge in [-0.25, -0.2) is 14.6 Å². The van der Waals surface area contributed by atoms with Crippen LogP contribution >= 0.6 is 11.3 Å². The molecule has 11 heteroatoms. The molecule has 0 bridgehead atoms. The summed E-state index contributed by atoms with van der Waals surface area (Å²) < 4.78 is 24.1. The molecule has 2 aromatic heterocycles. The van der Waals surface area contributed by atoms with Gasteiger partial charge in [-0.05, 0) is 50.2 Å². The number of fused-ring (bicyclic) bond motifs is 1. The van der Waals surface area contributed by atoms with Gasteiger partial charge in [-0.1, -0.05) is 23.5 Å². The topological polar surface area (TPSA) is 130 Å². The molecule has 3 heterocycles. The molecule has 10 nitrogen and oxygen atoms in total. The number of carbonyl (C=O) groups excluding carboxylic acids is 1. The minimum atomic E-state index is -1.01. The Morgan fingerprint density at radius 1 is 1.10 bits per heavy atom. The van der Waals surface area contributed by atoms with Gasteiger partial charge in [0.15, 0.2) is 4.80 Å². The number of ether oxygens (including phenoxy) is 3. The van der Waals surface area contributed by atoms with Crippen molar-refractivity contribution in [3.05, 3.63) is 102 Å². The number of benzene rings is 2. The number of thiazole rings is 1. The highest BCUT2D eigenvalue weighted by molar-refractivity contribution is 7.07. The van der Waals surface area contributed by atoms with E-state index < -0.39 is 18.0 Å². The highest BCUT2D eigenvalue weighted by atomic mass is 32.1. The Kier molecular flexibility index (Phi) is 7.62. The van der Waals surface area contributed by atoms with E-state index in [0.29, 0.717) is 49.2 Å². The fourth-order valence-corrected chi connectivity index (χ4v) is 5.65. The predicted molar refractivity (Wildman–Crippen MR) is 151 cm³/mol. The quantitative estimate of drug-likeness (QED) is 0.315. The Bertz CT molecular complexity index is 1860. The van der Waals surface area contributed by atoms with E-state index in [9.17, 15) is 14.4 Å². The third-order valence-electron chi connectivity index (χ3n) is 6.57. The number of aromatic nitrogens is 1. The summed E-state index contributed by atoms with van der Waals surface area (Å²) in [7, 11) is 3.04. The van der Waals surface area contributed by atoms with Gasteiger partial charge in [-0.2, -0.15) is 0 Å². The van der Waals surface area contributed by atoms with Crippen LogP contribution in [0.15, 0.2) is 80.1 Å². The predicted octanol–water partition coefficient (Wildman–Crippen LogP) is 3.77. The van der Waals surface area contributed by atoms with Crippen molar-refractivity contribution in [3.8, 4) is 22.8 Å². The van der Waals surface area contributed by atoms with E-state index in [0.717, 1.165) is 0 Å². The van der Waals surface area contributed by atoms with Crippen LogP contribution in [-0.4, -0.2) is 42.4 Å². The number of hydrogen-bond acceptors (Lipinski definition) is 9. The van der Waals surface area contributed by atoms with Crippen LogP contribution in [0, 0.1) is 0 Å². The number of furan rings is 1. The number of nitrogens with zero attached hydrogens (tertiary/aromatic N) is 2. The van der Waals surface area contributed by atoms with Crippen molar-refractivity contribution < 1.29 is 33.3 Å². The molecule has 0 fully saturated rings. The molecule has 0 radical (unpaired) electrons. The molecule has 0 aliphatic carbocycles. The van der Waals surface area contributed by atoms with Crippen LogP contribution < -0.4 is 24.4 Å². The number of methoxy groups -OCH3 is 2. The van der Waals surface area contributed by atoms with Crippen molar-refractivity contribution in [1.29, 1.82) is 0 Å². The van der Waals surface area contributed by atoms with E-state index in [1.54, 1.807) is 62.4 Å². The molecule has 1 aliphatic heterocycles. The molecule has 41 heavy (non-hydrogen) atoms. The van der Waals surface area contributed by atoms with Crippen molar-refractivity contribution in [3.63, 3.8) is 0 Å². The molecular weight excluding hydrogens is 548 g/mol. The highest BCUT2D eigenvalue weighted by Crippen LogP contribution is 2.37. The summed E-state index contributed by atoms with van der Waals surface area (Å²) in [4.78, 5) is 43.2. The molecule has 0 saturated carbocycles. The summed E-state index contributed by atoms with van der Waals surface area (Å²) in [5.74, 6) is 0.344. The number of carboxylic acids is 1. The zero-order valence-electron chi connectivity index (χ0n) is 22.7. The first-order chi connectivity index (χ1) is 19.7. The SMILES string of the molecule is CCOC(=O)C1=C(C)N=c2s/c(=C/c3ccc(-c4ccc(C(=O)O)cc4)o3)c(=O)n2[C@@H]1c1ccc(OC)cc1OC. The van der Waals surface area contributed by atoms with E-state index in [1.165, 1.54) is 42.3 Å². The third-order valence-corrected chi connectivity index (χ3v) is 7.55. The number of rotatable bonds is 8. The zero-order chi connectivity index (χ0) is 29.3. The van der Waals surface area contributed by atoms with Gasteiger partial charge in [-0.3, -0.25) is 9.36 Å². The summed E-state index contributed by atoms with van der Waals surface area (Å²) in [6.45, 7) is 3.58. The number of hydrogen-bond donors (Lipinski definition) is 1. The van der Waals surface area contributed by atoms with E-state index >= 15 is 0 Å². The van der Waals surface area contributed by atoms with Gasteiger partial charge in [0.2, 0.25) is 0 Å². The standard InChI is InChI=1S/C30H26N2O8S/c1-5-39-29(36)25-16(2)31-30-32(26(25)21-12-10-19(37-3)14-23(21)38-4)27(33)24(41-30)15-20-11-13-22(40-20)17-6-8-18(9-7-17)28(34)35/h6-15,26H,5H2,1-4H3,(H,34,35)/b24-15+/t26-/m1/s1. The summed E-state index contributed by atoms with van der Waals surface area (Å²) in [5, 5.41) is 9.14. The Morgan fingerprint density at radius 2 is 1.85 bits per heavy atom. The average Bonchev–Trinajstić information content (AvgIpc) is 3.56. The van der Waals surface area contributed by atoms with Crippen LogP contribution in [0.4, 0.5) is 0 Å². The lowest BCUT2D eigenvalue weighted by atomic mass is 9.95. The van der Waals surface area contributed by atoms with Crippen molar-refractivity contribution >= 4 is 29.4 Å². The number of allylic oxidation sites excluding steroid dienone is 1. The van der Waals surface area contributed by atoms with Gasteiger partial charge >= 0.3 is 11.9 Å². The van der Waals surface area contributed by atoms with Crippen LogP contribution in [0.1, 0.15) is 41.6 Å². The van der Waals surface area contributed by atoms with E-state index in [2.05, 4.69) is 4.99 Å². The maximum atomic E-state index is 13.9. The number of carboxylic acid groups (broad SMARTS) is 1. The minimum absolute atomic E-state index is 0.159. The van der Waals surface area contributed by atoms with Gasteiger partial charge in [0.1, 0.15) is 29.1 Å². The lowest BCUT2D eigenvalue weighted by Gasteiger charge is -2.26. The van der Waals surface area contributed by atoms with E-state index in [1.807, 2.05) is 0 Å². The Morgan fingerprint density at radius 3 is 2.51 bits per heavy atom. The fraction of sp³-hybridized carbons (Fsp3) is 0.200. The first-order valence-electron chi connectivity index (χ1n) is 12.6. The number of esters is 1. The van der Waals surface area contributed by atoms with E-state index in [4.69, 9.17) is 23.7 Å². The lowest BCUT2D eigenvalue weighted by molar-refractivity contribution is -0.139. The summed E-state index contributed by atoms with van der Waals surface area (Å²) in [6.07, 6.45) is 1.62. The molecule has 0 unspecified atom stereocenters. The van der Waals surface area contributed by atoms with Crippen molar-refractivity contribution in [2.24, 2.45) is 4.99 Å². The maximum Gasteiger partial charge on any atom is 0.338 e. The molecule has 5 rings (SSSR count). The number of carbonyl (C=O) groups is 2. The Labute approximate surface area is 238 Å². The Balaban J connectivity index is 1.63. The monoisotopic (exact) mass is 574 g/mol. The second kappa shape index (κ2) is 11.3. The first kappa shape index (κ1) is 27.7. The van der Waals surface area contributed by atoms with Gasteiger partial charge in [0, 0.05) is 23.3 Å². The molecule has 1 aliphatic rings. The van der Waals surface area contributed by atoms with Gasteiger partial charge < -0.3 is 23.7 Å². The van der Waals surface area contributed by atoms with Gasteiger partial charge in [-0.15, -0.1) is 0 Å². The minimum Gasteiger partial charge on any atom is -0.497 e. The summed E-state index contributed by atoms with van der Waals surface area (Å²) >= 11 is 1.17. The molecular formula is C30H26N2O8S. The molecule has 1 atom stereocenters. The largest absolute Gasteiger partial charge is 0.497 e. The molecule has 0 amide bonds. The van der Waals surface area contributed by atoms with Crippen LogP contribution in [0.25, 0.3) is 17.4 Å². The highest BCUT2D eigenvalue weighted by Gasteiger charge is 2.35. The maximum absolute atomic E-state index is 13.9. The first-order valence-corrected chi connectivity index (χ1v) is 13.4. The number of aromatic carboxylic acids is 1. The van der Waals surface area contributed by atoms with Crippen molar-refractivity contribution in [2.75, 3.05) is 20.8 Å². The summed E-state index contributed by atoms with van der Waals surface area (Å²) in [6, 6.07) is 14.1. The molecule has 4 aromatic rings. The van der Waals surface area contributed by atoms with Crippen LogP contribution in [0.5, 0.6) is 11.5 Å². The average molecular weight is 575 g/mol. The fourth-order valence-electron chi connectivity index (χ4n) is 4.62. The van der Waals surface area contributed by atoms with Crippen LogP contribution in [-0.2, 0) is 9.53 Å². The normalized spacial score (nSPS) is 14.8. The Hall–Kier alpha value is -4.90. The van der Waals surface area contributed by atoms with Gasteiger partial charge in [0.05, 0.1) is 42.2 Å².